The highest BCUT2D eigenvalue weighted by Gasteiger charge is 2.23. The third kappa shape index (κ3) is 3.04. The van der Waals surface area contributed by atoms with E-state index in [0.29, 0.717) is 38.4 Å². The highest BCUT2D eigenvalue weighted by molar-refractivity contribution is 5.92. The third-order valence-corrected chi connectivity index (χ3v) is 3.76. The van der Waals surface area contributed by atoms with Gasteiger partial charge in [-0.05, 0) is 26.0 Å². The topological polar surface area (TPSA) is 76.0 Å². The lowest BCUT2D eigenvalue weighted by atomic mass is 10.3. The van der Waals surface area contributed by atoms with Crippen molar-refractivity contribution in [1.82, 2.24) is 24.6 Å². The smallest absolute Gasteiger partial charge is 0.270 e. The number of H-pyrrole nitrogens is 1. The van der Waals surface area contributed by atoms with Crippen LogP contribution < -0.4 is 0 Å². The van der Waals surface area contributed by atoms with Gasteiger partial charge in [0.05, 0.1) is 6.10 Å². The fraction of sp³-hybridized carbons (Fsp3) is 0.533. The van der Waals surface area contributed by atoms with E-state index in [1.165, 1.54) is 0 Å². The Morgan fingerprint density at radius 1 is 1.36 bits per heavy atom. The van der Waals surface area contributed by atoms with Crippen LogP contribution in [0.15, 0.2) is 18.3 Å². The SMILES string of the molecule is CC(C)OCc1nnc2n1CCN(C(=O)c1ccc[nH]1)CC2. The molecule has 0 atom stereocenters. The van der Waals surface area contributed by atoms with Gasteiger partial charge in [-0.3, -0.25) is 4.79 Å². The first-order valence-corrected chi connectivity index (χ1v) is 7.60. The number of rotatable bonds is 4. The zero-order chi connectivity index (χ0) is 15.5. The molecule has 1 N–H and O–H groups in total. The minimum absolute atomic E-state index is 0.0312. The molecular weight excluding hydrogens is 282 g/mol. The van der Waals surface area contributed by atoms with E-state index in [4.69, 9.17) is 4.74 Å². The molecule has 0 spiro atoms. The first-order valence-electron chi connectivity index (χ1n) is 7.60. The molecule has 3 rings (SSSR count). The van der Waals surface area contributed by atoms with E-state index in [0.717, 1.165) is 11.6 Å². The van der Waals surface area contributed by atoms with E-state index in [9.17, 15) is 4.79 Å². The fourth-order valence-corrected chi connectivity index (χ4v) is 2.57. The summed E-state index contributed by atoms with van der Waals surface area (Å²) in [5.41, 5.74) is 0.626. The summed E-state index contributed by atoms with van der Waals surface area (Å²) in [6, 6.07) is 3.64. The Bertz CT molecular complexity index is 632. The van der Waals surface area contributed by atoms with Crippen LogP contribution in [0.25, 0.3) is 0 Å². The van der Waals surface area contributed by atoms with Crippen LogP contribution in [0.2, 0.25) is 0 Å². The second-order valence-corrected chi connectivity index (χ2v) is 5.67. The molecule has 0 saturated heterocycles. The van der Waals surface area contributed by atoms with Crippen molar-refractivity contribution in [3.05, 3.63) is 35.7 Å². The average molecular weight is 303 g/mol. The number of carbonyl (C=O) groups excluding carboxylic acids is 1. The number of fused-ring (bicyclic) bond motifs is 1. The molecule has 1 aliphatic rings. The predicted molar refractivity (Wildman–Crippen MR) is 80.3 cm³/mol. The van der Waals surface area contributed by atoms with Crippen LogP contribution in [0, 0.1) is 0 Å². The highest BCUT2D eigenvalue weighted by atomic mass is 16.5. The lowest BCUT2D eigenvalue weighted by Crippen LogP contribution is -2.34. The first-order chi connectivity index (χ1) is 10.6. The molecular formula is C15H21N5O2. The monoisotopic (exact) mass is 303 g/mol. The van der Waals surface area contributed by atoms with Crippen LogP contribution in [0.4, 0.5) is 0 Å². The van der Waals surface area contributed by atoms with Crippen molar-refractivity contribution in [2.24, 2.45) is 0 Å². The minimum atomic E-state index is 0.0312. The zero-order valence-electron chi connectivity index (χ0n) is 13.0. The number of aromatic nitrogens is 4. The summed E-state index contributed by atoms with van der Waals surface area (Å²) in [5, 5.41) is 8.45. The van der Waals surface area contributed by atoms with Gasteiger partial charge >= 0.3 is 0 Å². The molecule has 2 aromatic rings. The summed E-state index contributed by atoms with van der Waals surface area (Å²) >= 11 is 0. The third-order valence-electron chi connectivity index (χ3n) is 3.76. The second kappa shape index (κ2) is 6.31. The molecule has 7 heteroatoms. The van der Waals surface area contributed by atoms with E-state index >= 15 is 0 Å². The molecule has 0 aliphatic carbocycles. The molecule has 0 fully saturated rings. The normalized spacial score (nSPS) is 15.0. The number of hydrogen-bond acceptors (Lipinski definition) is 4. The van der Waals surface area contributed by atoms with Crippen LogP contribution in [0.3, 0.4) is 0 Å². The average Bonchev–Trinajstić information content (AvgIpc) is 3.11. The van der Waals surface area contributed by atoms with Gasteiger partial charge in [-0.2, -0.15) is 0 Å². The number of amides is 1. The summed E-state index contributed by atoms with van der Waals surface area (Å²) < 4.78 is 7.69. The Morgan fingerprint density at radius 3 is 2.95 bits per heavy atom. The summed E-state index contributed by atoms with van der Waals surface area (Å²) in [4.78, 5) is 17.2. The fourth-order valence-electron chi connectivity index (χ4n) is 2.57. The molecule has 0 aromatic carbocycles. The Labute approximate surface area is 129 Å². The summed E-state index contributed by atoms with van der Waals surface area (Å²) in [6.07, 6.45) is 2.63. The van der Waals surface area contributed by atoms with Gasteiger partial charge in [0.15, 0.2) is 5.82 Å². The van der Waals surface area contributed by atoms with Crippen LogP contribution in [-0.2, 0) is 24.3 Å². The molecule has 22 heavy (non-hydrogen) atoms. The quantitative estimate of drug-likeness (QED) is 0.921. The molecule has 0 saturated carbocycles. The maximum absolute atomic E-state index is 12.4. The lowest BCUT2D eigenvalue weighted by Gasteiger charge is -2.19. The first kappa shape index (κ1) is 14.8. The van der Waals surface area contributed by atoms with Gasteiger partial charge in [-0.15, -0.1) is 10.2 Å². The summed E-state index contributed by atoms with van der Waals surface area (Å²) in [6.45, 7) is 6.45. The molecule has 1 aliphatic heterocycles. The van der Waals surface area contributed by atoms with Gasteiger partial charge < -0.3 is 19.2 Å². The Kier molecular flexibility index (Phi) is 4.24. The van der Waals surface area contributed by atoms with Crippen molar-refractivity contribution in [3.63, 3.8) is 0 Å². The number of aromatic amines is 1. The van der Waals surface area contributed by atoms with Crippen molar-refractivity contribution >= 4 is 5.91 Å². The number of nitrogens with one attached hydrogen (secondary N) is 1. The van der Waals surface area contributed by atoms with E-state index in [2.05, 4.69) is 19.7 Å². The molecule has 0 radical (unpaired) electrons. The lowest BCUT2D eigenvalue weighted by molar-refractivity contribution is 0.0589. The maximum Gasteiger partial charge on any atom is 0.270 e. The van der Waals surface area contributed by atoms with Crippen LogP contribution in [0.1, 0.15) is 36.0 Å². The number of carbonyl (C=O) groups is 1. The van der Waals surface area contributed by atoms with Gasteiger partial charge in [0.25, 0.3) is 5.91 Å². The maximum atomic E-state index is 12.4. The molecule has 7 nitrogen and oxygen atoms in total. The van der Waals surface area contributed by atoms with Gasteiger partial charge in [-0.25, -0.2) is 0 Å². The Morgan fingerprint density at radius 2 is 2.23 bits per heavy atom. The Balaban J connectivity index is 1.69. The van der Waals surface area contributed by atoms with Crippen molar-refractivity contribution < 1.29 is 9.53 Å². The molecule has 3 heterocycles. The Hall–Kier alpha value is -2.15. The van der Waals surface area contributed by atoms with E-state index in [1.807, 2.05) is 24.8 Å². The van der Waals surface area contributed by atoms with E-state index in [1.54, 1.807) is 12.3 Å². The largest absolute Gasteiger partial charge is 0.371 e. The van der Waals surface area contributed by atoms with Crippen molar-refractivity contribution in [3.8, 4) is 0 Å². The van der Waals surface area contributed by atoms with Crippen molar-refractivity contribution in [1.29, 1.82) is 0 Å². The summed E-state index contributed by atoms with van der Waals surface area (Å²) in [7, 11) is 0. The molecule has 1 amide bonds. The van der Waals surface area contributed by atoms with E-state index in [-0.39, 0.29) is 12.0 Å². The van der Waals surface area contributed by atoms with Crippen LogP contribution in [0.5, 0.6) is 0 Å². The van der Waals surface area contributed by atoms with E-state index < -0.39 is 0 Å². The summed E-state index contributed by atoms with van der Waals surface area (Å²) in [5.74, 6) is 1.78. The molecule has 118 valence electrons. The molecule has 0 bridgehead atoms. The van der Waals surface area contributed by atoms with Crippen LogP contribution in [-0.4, -0.2) is 49.7 Å². The standard InChI is InChI=1S/C15H21N5O2/c1-11(2)22-10-14-18-17-13-5-7-19(8-9-20(13)14)15(21)12-4-3-6-16-12/h3-4,6,11,16H,5,7-10H2,1-2H3. The highest BCUT2D eigenvalue weighted by Crippen LogP contribution is 2.13. The minimum Gasteiger partial charge on any atom is -0.371 e. The number of ether oxygens (including phenoxy) is 1. The van der Waals surface area contributed by atoms with Gasteiger partial charge in [0.2, 0.25) is 0 Å². The number of hydrogen-bond donors (Lipinski definition) is 1. The predicted octanol–water partition coefficient (Wildman–Crippen LogP) is 1.23. The van der Waals surface area contributed by atoms with Gasteiger partial charge in [0.1, 0.15) is 18.1 Å². The number of nitrogens with zero attached hydrogens (tertiary/aromatic N) is 4. The van der Waals surface area contributed by atoms with Gasteiger partial charge in [-0.1, -0.05) is 0 Å². The molecule has 0 unspecified atom stereocenters. The molecule has 2 aromatic heterocycles. The zero-order valence-corrected chi connectivity index (χ0v) is 13.0. The second-order valence-electron chi connectivity index (χ2n) is 5.67. The van der Waals surface area contributed by atoms with Gasteiger partial charge in [0, 0.05) is 32.3 Å². The van der Waals surface area contributed by atoms with Crippen molar-refractivity contribution in [2.75, 3.05) is 13.1 Å². The van der Waals surface area contributed by atoms with Crippen LogP contribution >= 0.6 is 0 Å². The van der Waals surface area contributed by atoms with Crippen molar-refractivity contribution in [2.45, 2.75) is 39.5 Å².